The zero-order chi connectivity index (χ0) is 23.8. The summed E-state index contributed by atoms with van der Waals surface area (Å²) in [6.07, 6.45) is 1.11. The largest absolute Gasteiger partial charge is 0.478 e. The van der Waals surface area contributed by atoms with Gasteiger partial charge in [-0.15, -0.1) is 0 Å². The van der Waals surface area contributed by atoms with E-state index in [1.54, 1.807) is 39.0 Å². The fourth-order valence-electron chi connectivity index (χ4n) is 3.81. The second-order valence-electron chi connectivity index (χ2n) is 8.95. The number of fused-ring (bicyclic) bond motifs is 1. The summed E-state index contributed by atoms with van der Waals surface area (Å²) in [6.45, 7) is 7.13. The van der Waals surface area contributed by atoms with Crippen LogP contribution in [0, 0.1) is 0 Å². The Balaban J connectivity index is 1.41. The van der Waals surface area contributed by atoms with E-state index in [0.29, 0.717) is 43.5 Å². The predicted octanol–water partition coefficient (Wildman–Crippen LogP) is 3.43. The molecule has 174 valence electrons. The topological polar surface area (TPSA) is 113 Å². The first-order chi connectivity index (χ1) is 15.6. The average Bonchev–Trinajstić information content (AvgIpc) is 3.09. The van der Waals surface area contributed by atoms with Crippen LogP contribution >= 0.6 is 0 Å². The number of carbonyl (C=O) groups excluding carboxylic acids is 2. The van der Waals surface area contributed by atoms with E-state index in [1.807, 2.05) is 20.8 Å². The Labute approximate surface area is 191 Å². The average molecular weight is 454 g/mol. The summed E-state index contributed by atoms with van der Waals surface area (Å²) in [4.78, 5) is 45.8. The maximum Gasteiger partial charge on any atom is 0.410 e. The monoisotopic (exact) mass is 454 g/mol. The highest BCUT2D eigenvalue weighted by Gasteiger charge is 2.43. The van der Waals surface area contributed by atoms with E-state index in [2.05, 4.69) is 4.98 Å². The summed E-state index contributed by atoms with van der Waals surface area (Å²) in [5, 5.41) is 9.10. The Bertz CT molecular complexity index is 1070. The molecule has 4 rings (SSSR count). The van der Waals surface area contributed by atoms with Crippen molar-refractivity contribution in [2.24, 2.45) is 0 Å². The molecule has 0 spiro atoms. The number of piperazine rings is 1. The van der Waals surface area contributed by atoms with Crippen LogP contribution in [-0.2, 0) is 4.74 Å². The lowest BCUT2D eigenvalue weighted by Gasteiger charge is -2.36. The van der Waals surface area contributed by atoms with Crippen LogP contribution in [0.4, 0.5) is 15.4 Å². The van der Waals surface area contributed by atoms with Crippen molar-refractivity contribution >= 4 is 23.9 Å². The highest BCUT2D eigenvalue weighted by Crippen LogP contribution is 2.28. The molecule has 0 radical (unpaired) electrons. The minimum absolute atomic E-state index is 0.122. The quantitative estimate of drug-likeness (QED) is 0.753. The first kappa shape index (κ1) is 22.4. The number of hydrogen-bond donors (Lipinski definition) is 1. The molecule has 2 aliphatic rings. The summed E-state index contributed by atoms with van der Waals surface area (Å²) in [6, 6.07) is 9.21. The van der Waals surface area contributed by atoms with Crippen molar-refractivity contribution < 1.29 is 29.0 Å². The van der Waals surface area contributed by atoms with Crippen LogP contribution in [0.2, 0.25) is 0 Å². The van der Waals surface area contributed by atoms with E-state index in [9.17, 15) is 14.4 Å². The zero-order valence-electron chi connectivity index (χ0n) is 18.7. The zero-order valence-corrected chi connectivity index (χ0v) is 18.7. The van der Waals surface area contributed by atoms with E-state index in [-0.39, 0.29) is 23.7 Å². The van der Waals surface area contributed by atoms with E-state index in [4.69, 9.17) is 14.6 Å². The second kappa shape index (κ2) is 8.61. The van der Waals surface area contributed by atoms with Gasteiger partial charge in [0.1, 0.15) is 22.9 Å². The van der Waals surface area contributed by atoms with Crippen LogP contribution in [0.25, 0.3) is 0 Å². The molecule has 0 aliphatic carbocycles. The first-order valence-electron chi connectivity index (χ1n) is 10.6. The second-order valence-corrected chi connectivity index (χ2v) is 8.95. The summed E-state index contributed by atoms with van der Waals surface area (Å²) in [7, 11) is 0. The van der Waals surface area contributed by atoms with Crippen molar-refractivity contribution in [3.05, 3.63) is 48.2 Å². The summed E-state index contributed by atoms with van der Waals surface area (Å²) < 4.78 is 11.1. The smallest absolute Gasteiger partial charge is 0.410 e. The number of urea groups is 1. The molecular formula is C23H26N4O6. The molecule has 1 aromatic carbocycles. The number of aromatic carboxylic acids is 1. The van der Waals surface area contributed by atoms with Crippen molar-refractivity contribution in [1.29, 1.82) is 0 Å². The lowest BCUT2D eigenvalue weighted by atomic mass is 10.2. The van der Waals surface area contributed by atoms with Crippen LogP contribution in [-0.4, -0.2) is 75.8 Å². The molecule has 2 fully saturated rings. The predicted molar refractivity (Wildman–Crippen MR) is 119 cm³/mol. The molecule has 3 amide bonds. The van der Waals surface area contributed by atoms with E-state index >= 15 is 0 Å². The van der Waals surface area contributed by atoms with Gasteiger partial charge in [0.2, 0.25) is 0 Å². The Hall–Kier alpha value is -3.82. The van der Waals surface area contributed by atoms with Crippen LogP contribution in [0.5, 0.6) is 11.5 Å². The van der Waals surface area contributed by atoms with Gasteiger partial charge in [-0.1, -0.05) is 6.07 Å². The number of anilines is 1. The van der Waals surface area contributed by atoms with Gasteiger partial charge in [0.25, 0.3) is 0 Å². The molecule has 2 aliphatic heterocycles. The first-order valence-corrected chi connectivity index (χ1v) is 10.6. The van der Waals surface area contributed by atoms with Crippen molar-refractivity contribution in [1.82, 2.24) is 14.8 Å². The third-order valence-corrected chi connectivity index (χ3v) is 5.32. The molecule has 2 aromatic rings. The van der Waals surface area contributed by atoms with Gasteiger partial charge >= 0.3 is 18.1 Å². The van der Waals surface area contributed by atoms with Gasteiger partial charge in [-0.25, -0.2) is 19.4 Å². The third-order valence-electron chi connectivity index (χ3n) is 5.32. The number of carbonyl (C=O) groups is 3. The van der Waals surface area contributed by atoms with Gasteiger partial charge in [0, 0.05) is 19.6 Å². The minimum Gasteiger partial charge on any atom is -0.478 e. The molecule has 33 heavy (non-hydrogen) atoms. The molecule has 1 atom stereocenters. The molecule has 0 bridgehead atoms. The Kier molecular flexibility index (Phi) is 5.84. The number of ether oxygens (including phenoxy) is 2. The number of amides is 3. The summed E-state index contributed by atoms with van der Waals surface area (Å²) in [5.41, 5.74) is -0.453. The van der Waals surface area contributed by atoms with Crippen molar-refractivity contribution in [3.8, 4) is 11.5 Å². The molecule has 2 saturated heterocycles. The number of carboxylic acids is 1. The van der Waals surface area contributed by atoms with Crippen molar-refractivity contribution in [2.45, 2.75) is 32.4 Å². The number of nitrogens with zero attached hydrogens (tertiary/aromatic N) is 4. The van der Waals surface area contributed by atoms with Gasteiger partial charge < -0.3 is 24.4 Å². The molecule has 3 heterocycles. The van der Waals surface area contributed by atoms with Gasteiger partial charge in [-0.2, -0.15) is 0 Å². The van der Waals surface area contributed by atoms with Gasteiger partial charge in [-0.05, 0) is 51.1 Å². The molecule has 1 aromatic heterocycles. The lowest BCUT2D eigenvalue weighted by molar-refractivity contribution is 0.0128. The molecular weight excluding hydrogens is 428 g/mol. The van der Waals surface area contributed by atoms with Crippen molar-refractivity contribution in [3.63, 3.8) is 0 Å². The van der Waals surface area contributed by atoms with Crippen LogP contribution < -0.4 is 9.64 Å². The Morgan fingerprint density at radius 1 is 1.09 bits per heavy atom. The van der Waals surface area contributed by atoms with Crippen LogP contribution in [0.3, 0.4) is 0 Å². The Morgan fingerprint density at radius 3 is 2.55 bits per heavy atom. The fraction of sp³-hybridized carbons (Fsp3) is 0.391. The number of pyridine rings is 1. The van der Waals surface area contributed by atoms with Crippen LogP contribution in [0.15, 0.2) is 42.6 Å². The summed E-state index contributed by atoms with van der Waals surface area (Å²) >= 11 is 0. The van der Waals surface area contributed by atoms with E-state index in [0.717, 1.165) is 0 Å². The normalized spacial score (nSPS) is 18.2. The fourth-order valence-corrected chi connectivity index (χ4v) is 3.81. The highest BCUT2D eigenvalue weighted by molar-refractivity contribution is 5.94. The molecule has 1 unspecified atom stereocenters. The van der Waals surface area contributed by atoms with Gasteiger partial charge in [-0.3, -0.25) is 4.90 Å². The highest BCUT2D eigenvalue weighted by atomic mass is 16.6. The van der Waals surface area contributed by atoms with E-state index < -0.39 is 11.6 Å². The van der Waals surface area contributed by atoms with Crippen LogP contribution in [0.1, 0.15) is 31.1 Å². The minimum atomic E-state index is -1.04. The number of hydrogen-bond acceptors (Lipinski definition) is 6. The number of benzene rings is 1. The molecule has 0 saturated carbocycles. The third kappa shape index (κ3) is 5.00. The maximum atomic E-state index is 12.9. The maximum absolute atomic E-state index is 12.9. The van der Waals surface area contributed by atoms with Gasteiger partial charge in [0.15, 0.2) is 0 Å². The van der Waals surface area contributed by atoms with E-state index in [1.165, 1.54) is 18.3 Å². The van der Waals surface area contributed by atoms with Gasteiger partial charge in [0.05, 0.1) is 24.3 Å². The Morgan fingerprint density at radius 2 is 1.88 bits per heavy atom. The number of carboxylic acid groups (broad SMARTS) is 1. The number of rotatable bonds is 4. The molecule has 10 nitrogen and oxygen atoms in total. The standard InChI is InChI=1S/C23H26N4O6/c1-23(2,3)33-22(31)25-9-10-26-16(13-25)14-27(21(26)30)19-8-7-18(12-24-19)32-17-6-4-5-15(11-17)20(28)29/h4-8,11-12,16H,9-10,13-14H2,1-3H3,(H,28,29). The molecule has 10 heteroatoms. The lowest BCUT2D eigenvalue weighted by Crippen LogP contribution is -2.54. The summed E-state index contributed by atoms with van der Waals surface area (Å²) in [5.74, 6) is 0.232. The SMILES string of the molecule is CC(C)(C)OC(=O)N1CCN2C(=O)N(c3ccc(Oc4cccc(C(=O)O)c4)cn3)CC2C1. The number of aromatic nitrogens is 1. The molecule has 1 N–H and O–H groups in total. The van der Waals surface area contributed by atoms with Crippen molar-refractivity contribution in [2.75, 3.05) is 31.1 Å².